The molecule has 2 amide bonds. The van der Waals surface area contributed by atoms with Gasteiger partial charge in [0.25, 0.3) is 5.91 Å². The van der Waals surface area contributed by atoms with E-state index in [9.17, 15) is 9.59 Å². The molecule has 2 heterocycles. The van der Waals surface area contributed by atoms with Crippen molar-refractivity contribution >= 4 is 22.6 Å². The van der Waals surface area contributed by atoms with Gasteiger partial charge in [-0.15, -0.1) is 0 Å². The average molecular weight is 283 g/mol. The Bertz CT molecular complexity index is 693. The van der Waals surface area contributed by atoms with Gasteiger partial charge in [-0.2, -0.15) is 0 Å². The SMILES string of the molecule is CC1CC(=O)NCCN1C(=O)c1cncc2ccccc12. The van der Waals surface area contributed by atoms with Crippen LogP contribution in [0.25, 0.3) is 10.8 Å². The van der Waals surface area contributed by atoms with E-state index in [0.717, 1.165) is 10.8 Å². The van der Waals surface area contributed by atoms with E-state index < -0.39 is 0 Å². The summed E-state index contributed by atoms with van der Waals surface area (Å²) in [5.74, 6) is -0.0721. The van der Waals surface area contributed by atoms with Gasteiger partial charge in [-0.3, -0.25) is 14.6 Å². The number of hydrogen-bond acceptors (Lipinski definition) is 3. The van der Waals surface area contributed by atoms with Gasteiger partial charge in [-0.25, -0.2) is 0 Å². The van der Waals surface area contributed by atoms with Gasteiger partial charge in [0, 0.05) is 43.3 Å². The summed E-state index contributed by atoms with van der Waals surface area (Å²) in [4.78, 5) is 30.3. The number of nitrogens with zero attached hydrogens (tertiary/aromatic N) is 2. The predicted octanol–water partition coefficient (Wildman–Crippen LogP) is 1.59. The van der Waals surface area contributed by atoms with Crippen LogP contribution in [0.2, 0.25) is 0 Å². The third-order valence-electron chi connectivity index (χ3n) is 3.85. The van der Waals surface area contributed by atoms with Crippen molar-refractivity contribution in [3.63, 3.8) is 0 Å². The summed E-state index contributed by atoms with van der Waals surface area (Å²) in [5.41, 5.74) is 0.592. The molecule has 1 fully saturated rings. The predicted molar refractivity (Wildman–Crippen MR) is 79.9 cm³/mol. The molecule has 0 spiro atoms. The van der Waals surface area contributed by atoms with Crippen LogP contribution < -0.4 is 5.32 Å². The molecule has 1 saturated heterocycles. The third kappa shape index (κ3) is 2.59. The first-order chi connectivity index (χ1) is 10.2. The molecule has 1 aliphatic heterocycles. The first-order valence-electron chi connectivity index (χ1n) is 7.07. The molecule has 1 unspecified atom stereocenters. The maximum Gasteiger partial charge on any atom is 0.256 e. The minimum absolute atomic E-state index is 0.00570. The minimum Gasteiger partial charge on any atom is -0.354 e. The van der Waals surface area contributed by atoms with Gasteiger partial charge in [0.2, 0.25) is 5.91 Å². The summed E-state index contributed by atoms with van der Waals surface area (Å²) >= 11 is 0. The Balaban J connectivity index is 1.98. The molecule has 5 nitrogen and oxygen atoms in total. The van der Waals surface area contributed by atoms with Gasteiger partial charge in [0.15, 0.2) is 0 Å². The van der Waals surface area contributed by atoms with E-state index >= 15 is 0 Å². The Morgan fingerprint density at radius 1 is 1.33 bits per heavy atom. The molecular formula is C16H17N3O2. The second-order valence-corrected chi connectivity index (χ2v) is 5.31. The monoisotopic (exact) mass is 283 g/mol. The van der Waals surface area contributed by atoms with Gasteiger partial charge >= 0.3 is 0 Å². The number of pyridine rings is 1. The summed E-state index contributed by atoms with van der Waals surface area (Å²) in [5, 5.41) is 4.64. The number of benzene rings is 1. The fraction of sp³-hybridized carbons (Fsp3) is 0.312. The lowest BCUT2D eigenvalue weighted by molar-refractivity contribution is -0.121. The van der Waals surface area contributed by atoms with Crippen LogP contribution in [0.3, 0.4) is 0 Å². The van der Waals surface area contributed by atoms with Crippen molar-refractivity contribution in [1.29, 1.82) is 0 Å². The summed E-state index contributed by atoms with van der Waals surface area (Å²) in [6.07, 6.45) is 3.70. The number of aromatic nitrogens is 1. The molecule has 21 heavy (non-hydrogen) atoms. The highest BCUT2D eigenvalue weighted by Crippen LogP contribution is 2.20. The first-order valence-corrected chi connectivity index (χ1v) is 7.07. The van der Waals surface area contributed by atoms with Crippen LogP contribution in [0.15, 0.2) is 36.7 Å². The summed E-state index contributed by atoms with van der Waals surface area (Å²) in [6.45, 7) is 2.92. The lowest BCUT2D eigenvalue weighted by atomic mass is 10.1. The van der Waals surface area contributed by atoms with Crippen molar-refractivity contribution < 1.29 is 9.59 Å². The fourth-order valence-electron chi connectivity index (χ4n) is 2.73. The molecule has 0 saturated carbocycles. The van der Waals surface area contributed by atoms with Gasteiger partial charge < -0.3 is 10.2 Å². The lowest BCUT2D eigenvalue weighted by Crippen LogP contribution is -2.39. The topological polar surface area (TPSA) is 62.3 Å². The Morgan fingerprint density at radius 2 is 2.14 bits per heavy atom. The zero-order chi connectivity index (χ0) is 14.8. The van der Waals surface area contributed by atoms with Gasteiger partial charge in [0.1, 0.15) is 0 Å². The molecule has 1 N–H and O–H groups in total. The van der Waals surface area contributed by atoms with Crippen LogP contribution in [0.4, 0.5) is 0 Å². The molecule has 2 aromatic rings. The Kier molecular flexibility index (Phi) is 3.56. The molecule has 5 heteroatoms. The number of fused-ring (bicyclic) bond motifs is 1. The fourth-order valence-corrected chi connectivity index (χ4v) is 2.73. The summed E-state index contributed by atoms with van der Waals surface area (Å²) in [6, 6.07) is 7.59. The van der Waals surface area contributed by atoms with Crippen molar-refractivity contribution in [3.8, 4) is 0 Å². The number of rotatable bonds is 1. The zero-order valence-corrected chi connectivity index (χ0v) is 11.9. The van der Waals surface area contributed by atoms with E-state index in [4.69, 9.17) is 0 Å². The minimum atomic E-state index is -0.112. The van der Waals surface area contributed by atoms with Crippen molar-refractivity contribution in [2.45, 2.75) is 19.4 Å². The van der Waals surface area contributed by atoms with Crippen molar-refractivity contribution in [2.75, 3.05) is 13.1 Å². The van der Waals surface area contributed by atoms with Gasteiger partial charge in [-0.1, -0.05) is 24.3 Å². The Labute approximate surface area is 123 Å². The van der Waals surface area contributed by atoms with Crippen LogP contribution in [0.1, 0.15) is 23.7 Å². The number of nitrogens with one attached hydrogen (secondary N) is 1. The number of hydrogen-bond donors (Lipinski definition) is 1. The van der Waals surface area contributed by atoms with Gasteiger partial charge in [-0.05, 0) is 12.3 Å². The van der Waals surface area contributed by atoms with Crippen LogP contribution >= 0.6 is 0 Å². The quantitative estimate of drug-likeness (QED) is 0.864. The lowest BCUT2D eigenvalue weighted by Gasteiger charge is -2.26. The summed E-state index contributed by atoms with van der Waals surface area (Å²) < 4.78 is 0. The van der Waals surface area contributed by atoms with Gasteiger partial charge in [0.05, 0.1) is 5.56 Å². The van der Waals surface area contributed by atoms with Crippen molar-refractivity contribution in [2.24, 2.45) is 0 Å². The maximum absolute atomic E-state index is 12.8. The Hall–Kier alpha value is -2.43. The highest BCUT2D eigenvalue weighted by atomic mass is 16.2. The van der Waals surface area contributed by atoms with Crippen LogP contribution in [-0.2, 0) is 4.79 Å². The van der Waals surface area contributed by atoms with Crippen LogP contribution in [-0.4, -0.2) is 40.8 Å². The smallest absolute Gasteiger partial charge is 0.256 e. The van der Waals surface area contributed by atoms with E-state index in [-0.39, 0.29) is 17.9 Å². The van der Waals surface area contributed by atoms with Crippen molar-refractivity contribution in [1.82, 2.24) is 15.2 Å². The highest BCUT2D eigenvalue weighted by Gasteiger charge is 2.26. The number of carbonyl (C=O) groups is 2. The van der Waals surface area contributed by atoms with E-state index in [2.05, 4.69) is 10.3 Å². The molecule has 0 radical (unpaired) electrons. The maximum atomic E-state index is 12.8. The van der Waals surface area contributed by atoms with Crippen LogP contribution in [0, 0.1) is 0 Å². The van der Waals surface area contributed by atoms with E-state index in [1.54, 1.807) is 17.3 Å². The zero-order valence-electron chi connectivity index (χ0n) is 11.9. The molecule has 1 atom stereocenters. The molecule has 1 aromatic heterocycles. The average Bonchev–Trinajstić information content (AvgIpc) is 2.66. The Morgan fingerprint density at radius 3 is 3.00 bits per heavy atom. The van der Waals surface area contributed by atoms with Crippen LogP contribution in [0.5, 0.6) is 0 Å². The van der Waals surface area contributed by atoms with E-state index in [0.29, 0.717) is 25.1 Å². The largest absolute Gasteiger partial charge is 0.354 e. The molecule has 1 aromatic carbocycles. The molecule has 108 valence electrons. The number of amides is 2. The van der Waals surface area contributed by atoms with E-state index in [1.807, 2.05) is 31.2 Å². The molecule has 1 aliphatic rings. The second kappa shape index (κ2) is 5.52. The normalized spacial score (nSPS) is 19.2. The summed E-state index contributed by atoms with van der Waals surface area (Å²) in [7, 11) is 0. The number of carbonyl (C=O) groups excluding carboxylic acids is 2. The first kappa shape index (κ1) is 13.5. The second-order valence-electron chi connectivity index (χ2n) is 5.31. The molecular weight excluding hydrogens is 266 g/mol. The van der Waals surface area contributed by atoms with E-state index in [1.165, 1.54) is 0 Å². The molecule has 3 rings (SSSR count). The third-order valence-corrected chi connectivity index (χ3v) is 3.85. The van der Waals surface area contributed by atoms with Crippen molar-refractivity contribution in [3.05, 3.63) is 42.2 Å². The standard InChI is InChI=1S/C16H17N3O2/c1-11-8-15(20)18-6-7-19(11)16(21)14-10-17-9-12-4-2-3-5-13(12)14/h2-5,9-11H,6-8H2,1H3,(H,18,20). The molecule has 0 aliphatic carbocycles. The highest BCUT2D eigenvalue weighted by molar-refractivity contribution is 6.06. The molecule has 0 bridgehead atoms.